The van der Waals surface area contributed by atoms with Gasteiger partial charge in [0.1, 0.15) is 11.3 Å². The average Bonchev–Trinajstić information content (AvgIpc) is 3.55. The van der Waals surface area contributed by atoms with Crippen LogP contribution in [0, 0.1) is 6.92 Å². The number of aryl methyl sites for hydroxylation is 1. The quantitative estimate of drug-likeness (QED) is 0.319. The molecule has 0 unspecified atom stereocenters. The van der Waals surface area contributed by atoms with E-state index in [-0.39, 0.29) is 12.5 Å². The van der Waals surface area contributed by atoms with E-state index in [0.29, 0.717) is 22.1 Å². The summed E-state index contributed by atoms with van der Waals surface area (Å²) in [4.78, 5) is 34.6. The average molecular weight is 646 g/mol. The molecule has 4 heterocycles. The maximum Gasteiger partial charge on any atom is 0.490 e. The highest BCUT2D eigenvalue weighted by Crippen LogP contribution is 2.32. The summed E-state index contributed by atoms with van der Waals surface area (Å²) in [6.07, 6.45) is 2.11. The number of aromatic nitrogens is 4. The lowest BCUT2D eigenvalue weighted by Crippen LogP contribution is -2.47. The minimum Gasteiger partial charge on any atom is -0.481 e. The lowest BCUT2D eigenvalue weighted by molar-refractivity contribution is -0.192. The number of rotatable bonds is 7. The molecular weight excluding hydrogens is 612 g/mol. The van der Waals surface area contributed by atoms with Crippen LogP contribution in [-0.2, 0) is 9.59 Å². The Morgan fingerprint density at radius 1 is 1.12 bits per heavy atom. The third-order valence-corrected chi connectivity index (χ3v) is 8.51. The van der Waals surface area contributed by atoms with E-state index in [1.54, 1.807) is 6.07 Å². The van der Waals surface area contributed by atoms with Gasteiger partial charge in [-0.05, 0) is 70.2 Å². The van der Waals surface area contributed by atoms with Crippen LogP contribution in [0.3, 0.4) is 0 Å². The molecule has 0 aliphatic carbocycles. The summed E-state index contributed by atoms with van der Waals surface area (Å²) in [5, 5.41) is 22.2. The van der Waals surface area contributed by atoms with E-state index in [4.69, 9.17) is 53.3 Å². The van der Waals surface area contributed by atoms with Crippen LogP contribution in [0.15, 0.2) is 24.4 Å². The lowest BCUT2D eigenvalue weighted by Gasteiger charge is -2.39. The van der Waals surface area contributed by atoms with Gasteiger partial charge in [0.05, 0.1) is 17.9 Å². The van der Waals surface area contributed by atoms with E-state index in [9.17, 15) is 18.0 Å². The van der Waals surface area contributed by atoms with Gasteiger partial charge in [-0.2, -0.15) is 18.3 Å². The number of nitrogens with zero attached hydrogens (tertiary/aromatic N) is 6. The number of carboxylic acid groups (broad SMARTS) is 2. The molecule has 0 spiro atoms. The van der Waals surface area contributed by atoms with Crippen molar-refractivity contribution in [2.45, 2.75) is 76.7 Å². The highest BCUT2D eigenvalue weighted by atomic mass is 35.5. The number of carbonyl (C=O) groups is 2. The molecule has 5 rings (SSSR count). The van der Waals surface area contributed by atoms with E-state index < -0.39 is 18.1 Å². The number of aliphatic carboxylic acids is 2. The third kappa shape index (κ3) is 7.87. The topological polar surface area (TPSA) is 125 Å². The van der Waals surface area contributed by atoms with Crippen LogP contribution in [-0.4, -0.2) is 84.7 Å². The van der Waals surface area contributed by atoms with Crippen LogP contribution in [0.2, 0.25) is 10.0 Å². The summed E-state index contributed by atoms with van der Waals surface area (Å²) in [6.45, 7) is 6.88. The molecule has 1 aromatic carbocycles. The van der Waals surface area contributed by atoms with Gasteiger partial charge in [0.15, 0.2) is 5.65 Å². The zero-order valence-corrected chi connectivity index (χ0v) is 25.2. The Balaban J connectivity index is 0.000000541. The maximum absolute atomic E-state index is 11.1. The molecule has 2 atom stereocenters. The molecule has 3 aromatic rings. The number of hydrogen-bond acceptors (Lipinski definition) is 7. The molecule has 2 fully saturated rings. The standard InChI is InChI=1S/C26H32Cl2N6O2.C2HF3O2/c1-16-25-26(34(31-16)17(2)21-7-5-18(27)14-22(21)28)30-23(15-29-25)32-12-9-20(10-13-32)33-11-3-4-19(33)6-8-24(35)36;3-2(4,5)1(6)7/h5,7,14-15,17,19-20H,3-4,6,8-13H2,1-2H3,(H,35,36);(H,6,7)/t17-,19+;/m1./s1. The molecule has 2 aliphatic heterocycles. The molecule has 2 N–H and O–H groups in total. The van der Waals surface area contributed by atoms with Crippen molar-refractivity contribution in [1.82, 2.24) is 24.6 Å². The first-order chi connectivity index (χ1) is 20.3. The molecule has 15 heteroatoms. The van der Waals surface area contributed by atoms with E-state index in [1.165, 1.54) is 0 Å². The van der Waals surface area contributed by atoms with Crippen LogP contribution in [0.5, 0.6) is 0 Å². The minimum absolute atomic E-state index is 0.126. The summed E-state index contributed by atoms with van der Waals surface area (Å²) in [7, 11) is 0. The monoisotopic (exact) mass is 644 g/mol. The Bertz CT molecular complexity index is 1460. The summed E-state index contributed by atoms with van der Waals surface area (Å²) >= 11 is 12.6. The fourth-order valence-corrected chi connectivity index (χ4v) is 6.37. The molecule has 2 aromatic heterocycles. The number of halogens is 5. The Morgan fingerprint density at radius 3 is 2.40 bits per heavy atom. The van der Waals surface area contributed by atoms with Crippen molar-refractivity contribution < 1.29 is 33.0 Å². The molecule has 0 radical (unpaired) electrons. The zero-order valence-electron chi connectivity index (χ0n) is 23.7. The predicted molar refractivity (Wildman–Crippen MR) is 156 cm³/mol. The van der Waals surface area contributed by atoms with Gasteiger partial charge in [0, 0.05) is 41.6 Å². The van der Waals surface area contributed by atoms with Crippen molar-refractivity contribution in [3.05, 3.63) is 45.7 Å². The number of likely N-dealkylation sites (tertiary alicyclic amines) is 1. The largest absolute Gasteiger partial charge is 0.490 e. The van der Waals surface area contributed by atoms with Crippen molar-refractivity contribution in [2.24, 2.45) is 0 Å². The highest BCUT2D eigenvalue weighted by molar-refractivity contribution is 6.35. The number of benzene rings is 1. The van der Waals surface area contributed by atoms with E-state index in [2.05, 4.69) is 16.7 Å². The molecule has 0 saturated carbocycles. The third-order valence-electron chi connectivity index (χ3n) is 7.95. The summed E-state index contributed by atoms with van der Waals surface area (Å²) in [5.74, 6) is -2.60. The van der Waals surface area contributed by atoms with Gasteiger partial charge in [-0.25, -0.2) is 19.4 Å². The van der Waals surface area contributed by atoms with Gasteiger partial charge in [0.2, 0.25) is 0 Å². The Hall–Kier alpha value is -3.16. The fraction of sp³-hybridized carbons (Fsp3) is 0.536. The van der Waals surface area contributed by atoms with Gasteiger partial charge in [-0.3, -0.25) is 9.69 Å². The number of carboxylic acids is 2. The van der Waals surface area contributed by atoms with Gasteiger partial charge < -0.3 is 15.1 Å². The zero-order chi connectivity index (χ0) is 31.5. The SMILES string of the molecule is Cc1nn([C@H](C)c2ccc(Cl)cc2Cl)c2nc(N3CCC(N4CCC[C@H]4CCC(=O)O)CC3)cnc12.O=C(O)C(F)(F)F. The Kier molecular flexibility index (Phi) is 10.4. The van der Waals surface area contributed by atoms with Gasteiger partial charge >= 0.3 is 18.1 Å². The van der Waals surface area contributed by atoms with Crippen LogP contribution in [0.25, 0.3) is 11.2 Å². The molecule has 2 aliphatic rings. The molecule has 10 nitrogen and oxygen atoms in total. The second kappa shape index (κ2) is 13.6. The van der Waals surface area contributed by atoms with Crippen molar-refractivity contribution in [1.29, 1.82) is 0 Å². The van der Waals surface area contributed by atoms with Gasteiger partial charge in [-0.15, -0.1) is 0 Å². The maximum atomic E-state index is 11.1. The van der Waals surface area contributed by atoms with Crippen LogP contribution >= 0.6 is 23.2 Å². The van der Waals surface area contributed by atoms with Crippen LogP contribution < -0.4 is 4.90 Å². The van der Waals surface area contributed by atoms with Crippen LogP contribution in [0.4, 0.5) is 19.0 Å². The molecule has 2 saturated heterocycles. The second-order valence-electron chi connectivity index (χ2n) is 10.8. The fourth-order valence-electron chi connectivity index (χ4n) is 5.80. The minimum atomic E-state index is -5.08. The smallest absolute Gasteiger partial charge is 0.481 e. The predicted octanol–water partition coefficient (Wildman–Crippen LogP) is 5.98. The lowest BCUT2D eigenvalue weighted by atomic mass is 10.0. The Morgan fingerprint density at radius 2 is 1.79 bits per heavy atom. The normalized spacial score (nSPS) is 18.9. The van der Waals surface area contributed by atoms with E-state index in [0.717, 1.165) is 80.0 Å². The van der Waals surface area contributed by atoms with Gasteiger partial charge in [-0.1, -0.05) is 29.3 Å². The number of fused-ring (bicyclic) bond motifs is 1. The molecular formula is C28H33Cl2F3N6O4. The van der Waals surface area contributed by atoms with Crippen LogP contribution in [0.1, 0.15) is 62.7 Å². The van der Waals surface area contributed by atoms with Crippen molar-refractivity contribution >= 4 is 52.1 Å². The summed E-state index contributed by atoms with van der Waals surface area (Å²) in [5.41, 5.74) is 3.31. The first-order valence-electron chi connectivity index (χ1n) is 14.0. The molecule has 234 valence electrons. The number of piperidine rings is 1. The Labute approximate surface area is 256 Å². The first kappa shape index (κ1) is 32.7. The summed E-state index contributed by atoms with van der Waals surface area (Å²) in [6, 6.07) is 6.29. The highest BCUT2D eigenvalue weighted by Gasteiger charge is 2.38. The second-order valence-corrected chi connectivity index (χ2v) is 11.6. The van der Waals surface area contributed by atoms with Crippen molar-refractivity contribution in [3.8, 4) is 0 Å². The number of alkyl halides is 3. The number of anilines is 1. The van der Waals surface area contributed by atoms with E-state index >= 15 is 0 Å². The van der Waals surface area contributed by atoms with Gasteiger partial charge in [0.25, 0.3) is 0 Å². The molecule has 0 bridgehead atoms. The molecule has 43 heavy (non-hydrogen) atoms. The number of hydrogen-bond donors (Lipinski definition) is 2. The van der Waals surface area contributed by atoms with Crippen molar-refractivity contribution in [2.75, 3.05) is 24.5 Å². The summed E-state index contributed by atoms with van der Waals surface area (Å²) < 4.78 is 33.6. The first-order valence-corrected chi connectivity index (χ1v) is 14.7. The van der Waals surface area contributed by atoms with Crippen molar-refractivity contribution in [3.63, 3.8) is 0 Å². The molecule has 0 amide bonds. The van der Waals surface area contributed by atoms with E-state index in [1.807, 2.05) is 29.9 Å².